The summed E-state index contributed by atoms with van der Waals surface area (Å²) in [6, 6.07) is 7.51. The van der Waals surface area contributed by atoms with Gasteiger partial charge in [-0.05, 0) is 43.5 Å². The number of nitrogens with one attached hydrogen (secondary N) is 2. The van der Waals surface area contributed by atoms with E-state index in [0.717, 1.165) is 25.3 Å². The number of hydrogen-bond acceptors (Lipinski definition) is 6. The second kappa shape index (κ2) is 7.44. The third kappa shape index (κ3) is 3.55. The van der Waals surface area contributed by atoms with Crippen LogP contribution in [-0.2, 0) is 0 Å². The minimum absolute atomic E-state index is 0.0458. The van der Waals surface area contributed by atoms with Gasteiger partial charge in [0.05, 0.1) is 11.9 Å². The Hall–Kier alpha value is -3.00. The zero-order chi connectivity index (χ0) is 19.8. The van der Waals surface area contributed by atoms with E-state index in [1.165, 1.54) is 37.6 Å². The molecule has 1 saturated carbocycles. The molecule has 1 atom stereocenters. The van der Waals surface area contributed by atoms with Gasteiger partial charge in [0.1, 0.15) is 11.6 Å². The van der Waals surface area contributed by atoms with Gasteiger partial charge in [-0.15, -0.1) is 10.2 Å². The molecule has 0 radical (unpaired) electrons. The Morgan fingerprint density at radius 3 is 2.69 bits per heavy atom. The second-order valence-electron chi connectivity index (χ2n) is 7.84. The number of aromatic nitrogens is 4. The first-order valence-corrected chi connectivity index (χ1v) is 10.0. The van der Waals surface area contributed by atoms with Gasteiger partial charge in [0.15, 0.2) is 5.82 Å². The number of hydrogen-bond donors (Lipinski definition) is 3. The Labute approximate surface area is 168 Å². The first-order chi connectivity index (χ1) is 14.2. The summed E-state index contributed by atoms with van der Waals surface area (Å²) in [7, 11) is 0. The summed E-state index contributed by atoms with van der Waals surface area (Å²) in [5.74, 6) is 0.312. The summed E-state index contributed by atoms with van der Waals surface area (Å²) >= 11 is 0. The van der Waals surface area contributed by atoms with E-state index < -0.39 is 5.82 Å². The molecule has 1 unspecified atom stereocenters. The quantitative estimate of drug-likeness (QED) is 0.616. The molecule has 7 nitrogen and oxygen atoms in total. The summed E-state index contributed by atoms with van der Waals surface area (Å²) in [5, 5.41) is 29.2. The summed E-state index contributed by atoms with van der Waals surface area (Å²) in [5.41, 5.74) is 1.61. The van der Waals surface area contributed by atoms with Gasteiger partial charge >= 0.3 is 0 Å². The zero-order valence-electron chi connectivity index (χ0n) is 16.0. The first-order valence-electron chi connectivity index (χ1n) is 10.0. The number of benzene rings is 1. The number of rotatable bonds is 5. The van der Waals surface area contributed by atoms with E-state index in [1.807, 2.05) is 6.07 Å². The summed E-state index contributed by atoms with van der Waals surface area (Å²) in [6.07, 6.45) is 8.08. The molecule has 0 amide bonds. The molecule has 8 heteroatoms. The molecule has 3 heterocycles. The van der Waals surface area contributed by atoms with Crippen molar-refractivity contribution < 1.29 is 9.50 Å². The number of phenolic OH excluding ortho intramolecular Hbond substituents is 1. The molecule has 1 aromatic carbocycles. The molecule has 2 aliphatic rings. The predicted octanol–water partition coefficient (Wildman–Crippen LogP) is 3.10. The van der Waals surface area contributed by atoms with Crippen LogP contribution in [-0.4, -0.2) is 50.7 Å². The molecule has 1 saturated heterocycles. The van der Waals surface area contributed by atoms with Gasteiger partial charge in [-0.1, -0.05) is 6.42 Å². The monoisotopic (exact) mass is 394 g/mol. The van der Waals surface area contributed by atoms with E-state index in [1.54, 1.807) is 12.3 Å². The van der Waals surface area contributed by atoms with E-state index in [-0.39, 0.29) is 11.3 Å². The lowest BCUT2D eigenvalue weighted by Gasteiger charge is -2.29. The van der Waals surface area contributed by atoms with Gasteiger partial charge in [-0.25, -0.2) is 4.39 Å². The van der Waals surface area contributed by atoms with Crippen molar-refractivity contribution in [2.45, 2.75) is 37.8 Å². The highest BCUT2D eigenvalue weighted by Crippen LogP contribution is 2.34. The maximum absolute atomic E-state index is 14.6. The summed E-state index contributed by atoms with van der Waals surface area (Å²) in [6.45, 7) is 1.86. The second-order valence-corrected chi connectivity index (χ2v) is 7.84. The third-order valence-corrected chi connectivity index (χ3v) is 5.91. The average molecular weight is 394 g/mol. The van der Waals surface area contributed by atoms with Crippen molar-refractivity contribution in [1.82, 2.24) is 25.7 Å². The minimum Gasteiger partial charge on any atom is -0.507 e. The van der Waals surface area contributed by atoms with Crippen LogP contribution >= 0.6 is 0 Å². The molecule has 5 rings (SSSR count). The average Bonchev–Trinajstić information content (AvgIpc) is 3.38. The van der Waals surface area contributed by atoms with Crippen molar-refractivity contribution in [2.24, 2.45) is 0 Å². The minimum atomic E-state index is -0.450. The van der Waals surface area contributed by atoms with Crippen LogP contribution in [0.4, 0.5) is 10.2 Å². The molecule has 2 fully saturated rings. The Bertz CT molecular complexity index is 987. The van der Waals surface area contributed by atoms with Crippen LogP contribution in [0.3, 0.4) is 0 Å². The fourth-order valence-electron chi connectivity index (χ4n) is 4.04. The zero-order valence-corrected chi connectivity index (χ0v) is 16.0. The number of halogens is 1. The van der Waals surface area contributed by atoms with Crippen LogP contribution in [0, 0.1) is 5.82 Å². The van der Waals surface area contributed by atoms with Crippen molar-refractivity contribution in [3.8, 4) is 28.1 Å². The number of aromatic amines is 1. The number of nitrogens with zero attached hydrogens (tertiary/aromatic N) is 4. The standard InChI is InChI=1S/C21H23FN6O/c22-18-8-17(20(29)9-16(18)13-10-23-24-11-13)19-4-5-21(27-26-19)28-7-6-15(12-28)25-14-2-1-3-14/h4-5,8-11,14-15,25,29H,1-3,6-7,12H2,(H,23,24). The van der Waals surface area contributed by atoms with Crippen molar-refractivity contribution in [2.75, 3.05) is 18.0 Å². The van der Waals surface area contributed by atoms with Crippen molar-refractivity contribution >= 4 is 5.82 Å². The third-order valence-electron chi connectivity index (χ3n) is 5.91. The Kier molecular flexibility index (Phi) is 4.63. The molecule has 1 aliphatic heterocycles. The smallest absolute Gasteiger partial charge is 0.151 e. The molecular weight excluding hydrogens is 371 g/mol. The van der Waals surface area contributed by atoms with Gasteiger partial charge in [-0.3, -0.25) is 5.10 Å². The van der Waals surface area contributed by atoms with Gasteiger partial charge in [0.25, 0.3) is 0 Å². The molecule has 29 heavy (non-hydrogen) atoms. The van der Waals surface area contributed by atoms with Crippen LogP contribution in [0.15, 0.2) is 36.7 Å². The van der Waals surface area contributed by atoms with E-state index in [9.17, 15) is 9.50 Å². The fraction of sp³-hybridized carbons (Fsp3) is 0.381. The highest BCUT2D eigenvalue weighted by Gasteiger charge is 2.28. The van der Waals surface area contributed by atoms with E-state index in [0.29, 0.717) is 28.9 Å². The molecule has 0 spiro atoms. The summed E-state index contributed by atoms with van der Waals surface area (Å²) in [4.78, 5) is 2.22. The van der Waals surface area contributed by atoms with Gasteiger partial charge in [0.2, 0.25) is 0 Å². The van der Waals surface area contributed by atoms with E-state index >= 15 is 0 Å². The maximum atomic E-state index is 14.6. The van der Waals surface area contributed by atoms with Crippen molar-refractivity contribution in [3.63, 3.8) is 0 Å². The lowest BCUT2D eigenvalue weighted by Crippen LogP contribution is -2.43. The number of aromatic hydroxyl groups is 1. The van der Waals surface area contributed by atoms with E-state index in [2.05, 4.69) is 30.6 Å². The predicted molar refractivity (Wildman–Crippen MR) is 108 cm³/mol. The Morgan fingerprint density at radius 1 is 1.10 bits per heavy atom. The molecule has 3 N–H and O–H groups in total. The molecule has 2 aromatic heterocycles. The van der Waals surface area contributed by atoms with Crippen LogP contribution < -0.4 is 10.2 Å². The molecule has 150 valence electrons. The number of H-pyrrole nitrogens is 1. The molecule has 3 aromatic rings. The lowest BCUT2D eigenvalue weighted by atomic mass is 9.92. The number of anilines is 1. The normalized spacial score (nSPS) is 19.5. The molecule has 1 aliphatic carbocycles. The van der Waals surface area contributed by atoms with Crippen molar-refractivity contribution in [1.29, 1.82) is 0 Å². The SMILES string of the molecule is Oc1cc(-c2cn[nH]c2)c(F)cc1-c1ccc(N2CCC(NC3CCC3)C2)nn1. The van der Waals surface area contributed by atoms with Crippen molar-refractivity contribution in [3.05, 3.63) is 42.5 Å². The fourth-order valence-corrected chi connectivity index (χ4v) is 4.04. The Morgan fingerprint density at radius 2 is 2.00 bits per heavy atom. The van der Waals surface area contributed by atoms with Crippen LogP contribution in [0.5, 0.6) is 5.75 Å². The Balaban J connectivity index is 1.32. The molecular formula is C21H23FN6O. The first kappa shape index (κ1) is 18.1. The summed E-state index contributed by atoms with van der Waals surface area (Å²) < 4.78 is 14.6. The maximum Gasteiger partial charge on any atom is 0.151 e. The highest BCUT2D eigenvalue weighted by molar-refractivity contribution is 5.74. The highest BCUT2D eigenvalue weighted by atomic mass is 19.1. The van der Waals surface area contributed by atoms with Crippen LogP contribution in [0.25, 0.3) is 22.4 Å². The van der Waals surface area contributed by atoms with E-state index in [4.69, 9.17) is 0 Å². The lowest BCUT2D eigenvalue weighted by molar-refractivity contribution is 0.311. The molecule has 0 bridgehead atoms. The van der Waals surface area contributed by atoms with Gasteiger partial charge < -0.3 is 15.3 Å². The van der Waals surface area contributed by atoms with Gasteiger partial charge in [0, 0.05) is 48.1 Å². The van der Waals surface area contributed by atoms with Crippen LogP contribution in [0.2, 0.25) is 0 Å². The van der Waals surface area contributed by atoms with Gasteiger partial charge in [-0.2, -0.15) is 5.10 Å². The van der Waals surface area contributed by atoms with Crippen LogP contribution in [0.1, 0.15) is 25.7 Å². The topological polar surface area (TPSA) is 90.0 Å². The largest absolute Gasteiger partial charge is 0.507 e. The number of phenols is 1.